The summed E-state index contributed by atoms with van der Waals surface area (Å²) in [4.78, 5) is 19.1. The van der Waals surface area contributed by atoms with Crippen LogP contribution in [-0.2, 0) is 11.3 Å². The van der Waals surface area contributed by atoms with Crippen LogP contribution in [0.2, 0.25) is 0 Å². The van der Waals surface area contributed by atoms with Crippen LogP contribution in [-0.4, -0.2) is 35.5 Å². The lowest BCUT2D eigenvalue weighted by Crippen LogP contribution is -2.32. The molecule has 0 atom stereocenters. The minimum Gasteiger partial charge on any atom is -0.484 e. The SMILES string of the molecule is Cc1ccc(OCC(=O)Nc2nc(CN3CCC(C)CC3)cs2)cc1C. The Morgan fingerprint density at radius 2 is 2.08 bits per heavy atom. The third kappa shape index (κ3) is 5.29. The van der Waals surface area contributed by atoms with Gasteiger partial charge in [0.05, 0.1) is 5.69 Å². The van der Waals surface area contributed by atoms with Gasteiger partial charge in [-0.25, -0.2) is 4.98 Å². The summed E-state index contributed by atoms with van der Waals surface area (Å²) in [7, 11) is 0. The highest BCUT2D eigenvalue weighted by Gasteiger charge is 2.17. The van der Waals surface area contributed by atoms with Crippen molar-refractivity contribution in [3.05, 3.63) is 40.4 Å². The molecule has 0 bridgehead atoms. The Morgan fingerprint density at radius 1 is 1.31 bits per heavy atom. The summed E-state index contributed by atoms with van der Waals surface area (Å²) in [5.41, 5.74) is 3.38. The largest absolute Gasteiger partial charge is 0.484 e. The van der Waals surface area contributed by atoms with Crippen molar-refractivity contribution in [2.75, 3.05) is 25.0 Å². The summed E-state index contributed by atoms with van der Waals surface area (Å²) in [6.45, 7) is 9.50. The van der Waals surface area contributed by atoms with E-state index in [9.17, 15) is 4.79 Å². The fraction of sp³-hybridized carbons (Fsp3) is 0.500. The number of hydrogen-bond acceptors (Lipinski definition) is 5. The first-order valence-corrected chi connectivity index (χ1v) is 10.0. The van der Waals surface area contributed by atoms with Crippen molar-refractivity contribution in [2.45, 2.75) is 40.2 Å². The van der Waals surface area contributed by atoms with E-state index in [1.165, 1.54) is 29.7 Å². The molecule has 1 aromatic heterocycles. The van der Waals surface area contributed by atoms with Crippen LogP contribution in [0.4, 0.5) is 5.13 Å². The zero-order chi connectivity index (χ0) is 18.5. The lowest BCUT2D eigenvalue weighted by Gasteiger charge is -2.29. The van der Waals surface area contributed by atoms with Crippen molar-refractivity contribution in [2.24, 2.45) is 5.92 Å². The molecule has 1 fully saturated rings. The highest BCUT2D eigenvalue weighted by atomic mass is 32.1. The van der Waals surface area contributed by atoms with Gasteiger partial charge < -0.3 is 4.74 Å². The average molecular weight is 374 g/mol. The molecule has 6 heteroatoms. The van der Waals surface area contributed by atoms with Crippen molar-refractivity contribution in [1.82, 2.24) is 9.88 Å². The smallest absolute Gasteiger partial charge is 0.264 e. The lowest BCUT2D eigenvalue weighted by atomic mass is 9.99. The van der Waals surface area contributed by atoms with Gasteiger partial charge in [0.1, 0.15) is 5.75 Å². The molecule has 1 N–H and O–H groups in total. The minimum atomic E-state index is -0.184. The molecule has 0 radical (unpaired) electrons. The van der Waals surface area contributed by atoms with Gasteiger partial charge in [-0.3, -0.25) is 15.0 Å². The number of piperidine rings is 1. The quantitative estimate of drug-likeness (QED) is 0.831. The molecule has 26 heavy (non-hydrogen) atoms. The molecule has 0 saturated carbocycles. The Hall–Kier alpha value is -1.92. The first-order valence-electron chi connectivity index (χ1n) is 9.16. The van der Waals surface area contributed by atoms with E-state index in [0.717, 1.165) is 36.8 Å². The van der Waals surface area contributed by atoms with E-state index in [0.29, 0.717) is 10.9 Å². The van der Waals surface area contributed by atoms with Crippen molar-refractivity contribution >= 4 is 22.4 Å². The van der Waals surface area contributed by atoms with Crippen LogP contribution >= 0.6 is 11.3 Å². The molecule has 0 spiro atoms. The number of rotatable bonds is 6. The molecule has 2 heterocycles. The number of likely N-dealkylation sites (tertiary alicyclic amines) is 1. The number of anilines is 1. The average Bonchev–Trinajstić information content (AvgIpc) is 3.05. The van der Waals surface area contributed by atoms with Crippen LogP contribution in [0.15, 0.2) is 23.6 Å². The third-order valence-corrected chi connectivity index (χ3v) is 5.71. The normalized spacial score (nSPS) is 15.8. The summed E-state index contributed by atoms with van der Waals surface area (Å²) in [6.07, 6.45) is 2.51. The molecule has 140 valence electrons. The molecule has 3 rings (SSSR count). The molecule has 1 saturated heterocycles. The van der Waals surface area contributed by atoms with Gasteiger partial charge in [0.2, 0.25) is 0 Å². The fourth-order valence-corrected chi connectivity index (χ4v) is 3.71. The highest BCUT2D eigenvalue weighted by molar-refractivity contribution is 7.13. The Balaban J connectivity index is 1.45. The summed E-state index contributed by atoms with van der Waals surface area (Å²) >= 11 is 1.47. The standard InChI is InChI=1S/C20H27N3O2S/c1-14-6-8-23(9-7-14)11-17-13-26-20(21-17)22-19(24)12-25-18-5-4-15(2)16(3)10-18/h4-5,10,13-14H,6-9,11-12H2,1-3H3,(H,21,22,24). The summed E-state index contributed by atoms with van der Waals surface area (Å²) in [5.74, 6) is 1.35. The molecular formula is C20H27N3O2S. The van der Waals surface area contributed by atoms with Gasteiger partial charge in [0.25, 0.3) is 5.91 Å². The molecule has 0 unspecified atom stereocenters. The summed E-state index contributed by atoms with van der Waals surface area (Å²) < 4.78 is 5.57. The molecule has 1 aliphatic rings. The monoisotopic (exact) mass is 373 g/mol. The molecule has 5 nitrogen and oxygen atoms in total. The lowest BCUT2D eigenvalue weighted by molar-refractivity contribution is -0.118. The molecule has 2 aromatic rings. The second-order valence-electron chi connectivity index (χ2n) is 7.19. The van der Waals surface area contributed by atoms with E-state index in [4.69, 9.17) is 4.74 Å². The summed E-state index contributed by atoms with van der Waals surface area (Å²) in [5, 5.41) is 5.49. The van der Waals surface area contributed by atoms with Crippen molar-refractivity contribution < 1.29 is 9.53 Å². The van der Waals surface area contributed by atoms with Crippen LogP contribution in [0.25, 0.3) is 0 Å². The third-order valence-electron chi connectivity index (χ3n) is 4.91. The van der Waals surface area contributed by atoms with Crippen LogP contribution in [0.1, 0.15) is 36.6 Å². The number of benzene rings is 1. The van der Waals surface area contributed by atoms with Gasteiger partial charge in [-0.15, -0.1) is 11.3 Å². The highest BCUT2D eigenvalue weighted by Crippen LogP contribution is 2.21. The van der Waals surface area contributed by atoms with Gasteiger partial charge in [-0.2, -0.15) is 0 Å². The zero-order valence-corrected chi connectivity index (χ0v) is 16.6. The van der Waals surface area contributed by atoms with Crippen LogP contribution in [0.5, 0.6) is 5.75 Å². The molecule has 0 aliphatic carbocycles. The fourth-order valence-electron chi connectivity index (χ4n) is 2.99. The Bertz CT molecular complexity index is 751. The molecule has 1 aliphatic heterocycles. The van der Waals surface area contributed by atoms with Crippen molar-refractivity contribution in [3.63, 3.8) is 0 Å². The van der Waals surface area contributed by atoms with Gasteiger partial charge in [0.15, 0.2) is 11.7 Å². The topological polar surface area (TPSA) is 54.5 Å². The second-order valence-corrected chi connectivity index (χ2v) is 8.04. The number of carbonyl (C=O) groups is 1. The van der Waals surface area contributed by atoms with Gasteiger partial charge in [-0.05, 0) is 69.0 Å². The van der Waals surface area contributed by atoms with Crippen LogP contribution in [0.3, 0.4) is 0 Å². The first kappa shape index (κ1) is 18.9. The number of hydrogen-bond donors (Lipinski definition) is 1. The number of ether oxygens (including phenoxy) is 1. The maximum Gasteiger partial charge on any atom is 0.264 e. The molecule has 1 amide bonds. The first-order chi connectivity index (χ1) is 12.5. The number of nitrogens with one attached hydrogen (secondary N) is 1. The number of aryl methyl sites for hydroxylation is 2. The van der Waals surface area contributed by atoms with Crippen LogP contribution in [0, 0.1) is 19.8 Å². The number of nitrogens with zero attached hydrogens (tertiary/aromatic N) is 2. The van der Waals surface area contributed by atoms with Crippen molar-refractivity contribution in [1.29, 1.82) is 0 Å². The van der Waals surface area contributed by atoms with E-state index in [1.54, 1.807) is 0 Å². The molecule has 1 aromatic carbocycles. The predicted octanol–water partition coefficient (Wildman–Crippen LogP) is 4.01. The maximum absolute atomic E-state index is 12.1. The van der Waals surface area contributed by atoms with Gasteiger partial charge >= 0.3 is 0 Å². The van der Waals surface area contributed by atoms with Crippen LogP contribution < -0.4 is 10.1 Å². The van der Waals surface area contributed by atoms with E-state index in [-0.39, 0.29) is 12.5 Å². The number of thiazole rings is 1. The number of amides is 1. The Kier molecular flexibility index (Phi) is 6.27. The Labute approximate surface area is 159 Å². The zero-order valence-electron chi connectivity index (χ0n) is 15.7. The summed E-state index contributed by atoms with van der Waals surface area (Å²) in [6, 6.07) is 5.83. The predicted molar refractivity (Wildman–Crippen MR) is 106 cm³/mol. The number of carbonyl (C=O) groups excluding carboxylic acids is 1. The van der Waals surface area contributed by atoms with E-state index in [2.05, 4.69) is 29.0 Å². The van der Waals surface area contributed by atoms with Gasteiger partial charge in [0, 0.05) is 11.9 Å². The van der Waals surface area contributed by atoms with E-state index in [1.807, 2.05) is 30.5 Å². The van der Waals surface area contributed by atoms with E-state index >= 15 is 0 Å². The maximum atomic E-state index is 12.1. The van der Waals surface area contributed by atoms with E-state index < -0.39 is 0 Å². The Morgan fingerprint density at radius 3 is 2.81 bits per heavy atom. The van der Waals surface area contributed by atoms with Gasteiger partial charge in [-0.1, -0.05) is 13.0 Å². The minimum absolute atomic E-state index is 0.0125. The number of aromatic nitrogens is 1. The second kappa shape index (κ2) is 8.64. The van der Waals surface area contributed by atoms with Crippen molar-refractivity contribution in [3.8, 4) is 5.75 Å². The molecular weight excluding hydrogens is 346 g/mol.